The van der Waals surface area contributed by atoms with Gasteiger partial charge in [0, 0.05) is 5.69 Å². The smallest absolute Gasteiger partial charge is 0.409 e. The molecule has 0 aliphatic heterocycles. The summed E-state index contributed by atoms with van der Waals surface area (Å²) >= 11 is 0. The van der Waals surface area contributed by atoms with Gasteiger partial charge in [-0.05, 0) is 91.2 Å². The zero-order chi connectivity index (χ0) is 21.3. The van der Waals surface area contributed by atoms with Gasteiger partial charge in [0.25, 0.3) is 0 Å². The number of hydrogen-bond acceptors (Lipinski definition) is 1. The lowest BCUT2D eigenvalue weighted by atomic mass is 9.77. The first-order valence-electron chi connectivity index (χ1n) is 11.4. The molecule has 2 aromatic rings. The third-order valence-corrected chi connectivity index (χ3v) is 6.44. The number of rotatable bonds is 9. The van der Waals surface area contributed by atoms with Crippen molar-refractivity contribution >= 4 is 11.8 Å². The second kappa shape index (κ2) is 11.0. The zero-order valence-electron chi connectivity index (χ0n) is 18.2. The minimum absolute atomic E-state index is 0.635. The second-order valence-corrected chi connectivity index (χ2v) is 8.61. The third-order valence-electron chi connectivity index (χ3n) is 6.44. The lowest BCUT2D eigenvalue weighted by molar-refractivity contribution is 0.210. The average molecular weight is 406 g/mol. The summed E-state index contributed by atoms with van der Waals surface area (Å²) in [4.78, 5) is 11.0. The molecule has 0 atom stereocenters. The molecule has 3 heteroatoms. The molecule has 160 valence electrons. The number of amides is 1. The topological polar surface area (TPSA) is 49.3 Å². The van der Waals surface area contributed by atoms with E-state index in [0.717, 1.165) is 25.2 Å². The molecule has 1 saturated carbocycles. The molecule has 3 rings (SSSR count). The molecule has 1 aliphatic carbocycles. The Hall–Kier alpha value is -2.55. The van der Waals surface area contributed by atoms with Crippen molar-refractivity contribution in [1.82, 2.24) is 0 Å². The maximum atomic E-state index is 11.0. The standard InChI is InChI=1S/C27H35NO2/c1-3-5-6-8-20-9-11-21(12-10-20)22-13-15-23(16-14-22)26-18-17-25(28-27(29)30)19-24(26)7-4-2/h3,13-21,28H,1,4-12H2,2H3,(H,29,30). The molecule has 0 heterocycles. The highest BCUT2D eigenvalue weighted by atomic mass is 16.4. The highest BCUT2D eigenvalue weighted by molar-refractivity contribution is 5.84. The number of allylic oxidation sites excluding steroid dienone is 1. The van der Waals surface area contributed by atoms with Gasteiger partial charge in [-0.15, -0.1) is 6.58 Å². The summed E-state index contributed by atoms with van der Waals surface area (Å²) in [7, 11) is 0. The van der Waals surface area contributed by atoms with Gasteiger partial charge in [0.1, 0.15) is 0 Å². The van der Waals surface area contributed by atoms with Crippen LogP contribution in [-0.2, 0) is 6.42 Å². The maximum absolute atomic E-state index is 11.0. The third kappa shape index (κ3) is 5.98. The molecule has 0 aromatic heterocycles. The summed E-state index contributed by atoms with van der Waals surface area (Å²) in [5.41, 5.74) is 5.70. The molecule has 1 aliphatic rings. The molecule has 1 amide bonds. The van der Waals surface area contributed by atoms with E-state index >= 15 is 0 Å². The van der Waals surface area contributed by atoms with Gasteiger partial charge < -0.3 is 5.11 Å². The average Bonchev–Trinajstić information content (AvgIpc) is 2.75. The van der Waals surface area contributed by atoms with E-state index in [4.69, 9.17) is 5.11 Å². The van der Waals surface area contributed by atoms with Gasteiger partial charge in [-0.1, -0.05) is 56.2 Å². The van der Waals surface area contributed by atoms with Crippen molar-refractivity contribution in [3.8, 4) is 11.1 Å². The Morgan fingerprint density at radius 1 is 1.13 bits per heavy atom. The first kappa shape index (κ1) is 22.1. The Kier molecular flexibility index (Phi) is 8.12. The highest BCUT2D eigenvalue weighted by Crippen LogP contribution is 2.38. The van der Waals surface area contributed by atoms with Crippen LogP contribution in [0, 0.1) is 5.92 Å². The lowest BCUT2D eigenvalue weighted by Crippen LogP contribution is -2.13. The molecule has 0 unspecified atom stereocenters. The van der Waals surface area contributed by atoms with E-state index in [9.17, 15) is 4.79 Å². The summed E-state index contributed by atoms with van der Waals surface area (Å²) in [5, 5.41) is 11.4. The monoisotopic (exact) mass is 405 g/mol. The number of unbranched alkanes of at least 4 members (excludes halogenated alkanes) is 1. The van der Waals surface area contributed by atoms with Crippen molar-refractivity contribution in [2.24, 2.45) is 5.92 Å². The Morgan fingerprint density at radius 2 is 1.87 bits per heavy atom. The molecular formula is C27H35NO2. The second-order valence-electron chi connectivity index (χ2n) is 8.61. The molecule has 30 heavy (non-hydrogen) atoms. The van der Waals surface area contributed by atoms with Gasteiger partial charge in [0.05, 0.1) is 0 Å². The summed E-state index contributed by atoms with van der Waals surface area (Å²) < 4.78 is 0. The molecule has 0 bridgehead atoms. The summed E-state index contributed by atoms with van der Waals surface area (Å²) in [6.45, 7) is 5.98. The Morgan fingerprint density at radius 3 is 2.50 bits per heavy atom. The van der Waals surface area contributed by atoms with Crippen molar-refractivity contribution < 1.29 is 9.90 Å². The first-order valence-corrected chi connectivity index (χ1v) is 11.4. The lowest BCUT2D eigenvalue weighted by Gasteiger charge is -2.29. The van der Waals surface area contributed by atoms with Crippen LogP contribution in [0.1, 0.15) is 75.3 Å². The van der Waals surface area contributed by atoms with E-state index in [2.05, 4.69) is 43.1 Å². The highest BCUT2D eigenvalue weighted by Gasteiger charge is 2.22. The minimum atomic E-state index is -1.02. The molecule has 0 spiro atoms. The number of hydrogen-bond donors (Lipinski definition) is 2. The van der Waals surface area contributed by atoms with Crippen LogP contribution in [0.5, 0.6) is 0 Å². The van der Waals surface area contributed by atoms with Gasteiger partial charge in [0.15, 0.2) is 0 Å². The molecule has 3 nitrogen and oxygen atoms in total. The van der Waals surface area contributed by atoms with Crippen LogP contribution in [0.3, 0.4) is 0 Å². The number of carboxylic acid groups (broad SMARTS) is 1. The van der Waals surface area contributed by atoms with Crippen molar-refractivity contribution in [1.29, 1.82) is 0 Å². The normalized spacial score (nSPS) is 18.7. The van der Waals surface area contributed by atoms with Crippen LogP contribution in [0.4, 0.5) is 10.5 Å². The zero-order valence-corrected chi connectivity index (χ0v) is 18.2. The van der Waals surface area contributed by atoms with Crippen LogP contribution in [0.15, 0.2) is 55.1 Å². The Bertz CT molecular complexity index is 832. The van der Waals surface area contributed by atoms with E-state index in [1.807, 2.05) is 24.3 Å². The molecular weight excluding hydrogens is 370 g/mol. The summed E-state index contributed by atoms with van der Waals surface area (Å²) in [6.07, 6.45) is 12.1. The van der Waals surface area contributed by atoms with Gasteiger partial charge in [0.2, 0.25) is 0 Å². The predicted molar refractivity (Wildman–Crippen MR) is 126 cm³/mol. The van der Waals surface area contributed by atoms with Gasteiger partial charge in [-0.25, -0.2) is 4.79 Å². The molecule has 0 radical (unpaired) electrons. The quantitative estimate of drug-likeness (QED) is 0.328. The minimum Gasteiger partial charge on any atom is -0.465 e. The Labute approximate surface area is 181 Å². The van der Waals surface area contributed by atoms with Crippen LogP contribution in [-0.4, -0.2) is 11.2 Å². The van der Waals surface area contributed by atoms with Crippen LogP contribution >= 0.6 is 0 Å². The number of aryl methyl sites for hydroxylation is 1. The number of anilines is 1. The first-order chi connectivity index (χ1) is 14.6. The summed E-state index contributed by atoms with van der Waals surface area (Å²) in [5.74, 6) is 1.59. The van der Waals surface area contributed by atoms with Crippen LogP contribution in [0.2, 0.25) is 0 Å². The van der Waals surface area contributed by atoms with E-state index in [1.165, 1.54) is 60.8 Å². The maximum Gasteiger partial charge on any atom is 0.409 e. The van der Waals surface area contributed by atoms with Crippen molar-refractivity contribution in [2.45, 2.75) is 70.6 Å². The van der Waals surface area contributed by atoms with Crippen LogP contribution in [0.25, 0.3) is 11.1 Å². The largest absolute Gasteiger partial charge is 0.465 e. The molecule has 2 aromatic carbocycles. The van der Waals surface area contributed by atoms with E-state index in [0.29, 0.717) is 11.6 Å². The number of carbonyl (C=O) groups is 1. The van der Waals surface area contributed by atoms with Crippen molar-refractivity contribution in [2.75, 3.05) is 5.32 Å². The van der Waals surface area contributed by atoms with E-state index in [-0.39, 0.29) is 0 Å². The molecule has 2 N–H and O–H groups in total. The predicted octanol–water partition coefficient (Wildman–Crippen LogP) is 8.03. The SMILES string of the molecule is C=CCCCC1CCC(c2ccc(-c3ccc(NC(=O)O)cc3CCC)cc2)CC1. The van der Waals surface area contributed by atoms with Crippen molar-refractivity contribution in [3.05, 3.63) is 66.2 Å². The molecule has 0 saturated heterocycles. The van der Waals surface area contributed by atoms with E-state index in [1.54, 1.807) is 0 Å². The Balaban J connectivity index is 1.67. The fraction of sp³-hybridized carbons (Fsp3) is 0.444. The van der Waals surface area contributed by atoms with Gasteiger partial charge >= 0.3 is 6.09 Å². The molecule has 1 fully saturated rings. The summed E-state index contributed by atoms with van der Waals surface area (Å²) in [6, 6.07) is 14.9. The number of benzene rings is 2. The van der Waals surface area contributed by atoms with Gasteiger partial charge in [-0.2, -0.15) is 0 Å². The van der Waals surface area contributed by atoms with Crippen molar-refractivity contribution in [3.63, 3.8) is 0 Å². The van der Waals surface area contributed by atoms with Gasteiger partial charge in [-0.3, -0.25) is 5.32 Å². The fourth-order valence-corrected chi connectivity index (χ4v) is 4.82. The van der Waals surface area contributed by atoms with Crippen LogP contribution < -0.4 is 5.32 Å². The number of nitrogens with one attached hydrogen (secondary N) is 1. The van der Waals surface area contributed by atoms with E-state index < -0.39 is 6.09 Å². The fourth-order valence-electron chi connectivity index (χ4n) is 4.82.